The molecule has 18 aromatic carbocycles. The number of benzene rings is 18. The zero-order valence-corrected chi connectivity index (χ0v) is 67.6. The maximum Gasteiger partial charge on any atom is 0.159 e. The third-order valence-corrected chi connectivity index (χ3v) is 24.6. The van der Waals surface area contributed by atoms with Crippen molar-refractivity contribution in [1.82, 2.24) is 13.7 Å². The minimum Gasteiger partial charge on any atom is -0.456 e. The molecule has 0 N–H and O–H groups in total. The van der Waals surface area contributed by atoms with Gasteiger partial charge in [-0.3, -0.25) is 0 Å². The predicted octanol–water partition coefficient (Wildman–Crippen LogP) is 32.3. The van der Waals surface area contributed by atoms with Crippen LogP contribution in [0, 0.1) is 0 Å². The maximum absolute atomic E-state index is 6.44. The molecule has 117 heavy (non-hydrogen) atoms. The van der Waals surface area contributed by atoms with Crippen molar-refractivity contribution in [3.8, 4) is 83.8 Å². The Hall–Kier alpha value is -13.8. The second-order valence-corrected chi connectivity index (χ2v) is 32.5. The summed E-state index contributed by atoms with van der Waals surface area (Å²) in [5, 5.41) is 14.3. The Bertz CT molecular complexity index is 8040. The number of nitrogens with zero attached hydrogens (tertiary/aromatic N) is 3. The minimum atomic E-state index is 0.904. The van der Waals surface area contributed by atoms with Crippen LogP contribution in [0.25, 0.3) is 215 Å². The summed E-state index contributed by atoms with van der Waals surface area (Å²) in [7, 11) is 0. The van der Waals surface area contributed by atoms with Gasteiger partial charge in [0.15, 0.2) is 5.58 Å². The van der Waals surface area contributed by atoms with Crippen molar-refractivity contribution in [2.24, 2.45) is 0 Å². The van der Waals surface area contributed by atoms with Crippen molar-refractivity contribution in [3.05, 3.63) is 414 Å². The summed E-state index contributed by atoms with van der Waals surface area (Å²) in [5.41, 5.74) is 30.3. The molecule has 6 nitrogen and oxygen atoms in total. The van der Waals surface area contributed by atoms with E-state index < -0.39 is 0 Å². The molecular formula is C108H66Br3N3O3. The minimum absolute atomic E-state index is 0.904. The van der Waals surface area contributed by atoms with Crippen LogP contribution in [0.5, 0.6) is 0 Å². The molecule has 24 rings (SSSR count). The molecule has 24 aromatic rings. The van der Waals surface area contributed by atoms with Gasteiger partial charge in [-0.1, -0.05) is 284 Å². The molecule has 6 heterocycles. The molecule has 0 saturated carbocycles. The Labute approximate surface area is 697 Å². The van der Waals surface area contributed by atoms with E-state index in [1.165, 1.54) is 127 Å². The van der Waals surface area contributed by atoms with Gasteiger partial charge < -0.3 is 27.0 Å². The van der Waals surface area contributed by atoms with Crippen LogP contribution in [0.2, 0.25) is 0 Å². The summed E-state index contributed by atoms with van der Waals surface area (Å²) in [6.45, 7) is 0. The monoisotopic (exact) mass is 1690 g/mol. The number of para-hydroxylation sites is 7. The van der Waals surface area contributed by atoms with E-state index in [9.17, 15) is 0 Å². The molecule has 0 saturated heterocycles. The van der Waals surface area contributed by atoms with E-state index in [2.05, 4.69) is 425 Å². The first-order valence-corrected chi connectivity index (χ1v) is 41.5. The van der Waals surface area contributed by atoms with Crippen LogP contribution in [0.1, 0.15) is 0 Å². The molecular weight excluding hydrogens is 1630 g/mol. The third-order valence-electron chi connectivity index (χ3n) is 23.0. The van der Waals surface area contributed by atoms with Crippen molar-refractivity contribution >= 4 is 179 Å². The van der Waals surface area contributed by atoms with E-state index in [0.29, 0.717) is 0 Å². The van der Waals surface area contributed by atoms with Crippen molar-refractivity contribution < 1.29 is 13.3 Å². The Morgan fingerprint density at radius 3 is 0.966 bits per heavy atom. The molecule has 0 aliphatic carbocycles. The fraction of sp³-hybridized carbons (Fsp3) is 0. The quantitative estimate of drug-likeness (QED) is 0.145. The number of rotatable bonds is 9. The lowest BCUT2D eigenvalue weighted by atomic mass is 9.98. The van der Waals surface area contributed by atoms with E-state index in [1.54, 1.807) is 0 Å². The first-order chi connectivity index (χ1) is 57.7. The summed E-state index contributed by atoms with van der Waals surface area (Å²) in [6, 6.07) is 142. The van der Waals surface area contributed by atoms with Crippen LogP contribution < -0.4 is 0 Å². The molecule has 0 fully saturated rings. The van der Waals surface area contributed by atoms with E-state index in [0.717, 1.165) is 102 Å². The Balaban J connectivity index is 0.000000106. The normalized spacial score (nSPS) is 11.7. The van der Waals surface area contributed by atoms with Crippen molar-refractivity contribution in [2.75, 3.05) is 0 Å². The van der Waals surface area contributed by atoms with Crippen LogP contribution in [0.15, 0.2) is 427 Å². The van der Waals surface area contributed by atoms with Crippen LogP contribution in [0.4, 0.5) is 0 Å². The number of hydrogen-bond acceptors (Lipinski definition) is 3. The number of halogens is 3. The SMILES string of the molecule is Brc1ccc(-c2cccc(-c3ccc4c(c3)c3ccccc3n4-c3ccc4oc5ccccc5c4c3)c2)cc1.Brc1ccc(-c2cccc(-c3ccc4c(c3)c3ccccc3n4-c3cccc4c3oc3ccccc34)c2)cc1.Brc1ccc(-c2cccc(-c3ccc4c(c3)c3ccccc3n4-c3cccc4oc5ccccc5c34)c2)cc1. The molecule has 0 amide bonds. The van der Waals surface area contributed by atoms with Gasteiger partial charge in [-0.25, -0.2) is 0 Å². The summed E-state index contributed by atoms with van der Waals surface area (Å²) in [4.78, 5) is 0. The van der Waals surface area contributed by atoms with Gasteiger partial charge in [-0.05, 0) is 231 Å². The Kier molecular flexibility index (Phi) is 17.3. The molecule has 9 heteroatoms. The molecule has 0 bridgehead atoms. The topological polar surface area (TPSA) is 54.2 Å². The molecule has 552 valence electrons. The zero-order chi connectivity index (χ0) is 77.8. The van der Waals surface area contributed by atoms with Gasteiger partial charge in [-0.2, -0.15) is 0 Å². The van der Waals surface area contributed by atoms with Gasteiger partial charge in [0.1, 0.15) is 27.9 Å². The second-order valence-electron chi connectivity index (χ2n) is 29.8. The highest BCUT2D eigenvalue weighted by molar-refractivity contribution is 9.11. The lowest BCUT2D eigenvalue weighted by Crippen LogP contribution is -1.94. The van der Waals surface area contributed by atoms with Crippen LogP contribution in [0.3, 0.4) is 0 Å². The van der Waals surface area contributed by atoms with Gasteiger partial charge in [0.05, 0.1) is 49.9 Å². The van der Waals surface area contributed by atoms with Crippen LogP contribution >= 0.6 is 47.8 Å². The lowest BCUT2D eigenvalue weighted by Gasteiger charge is -2.10. The highest BCUT2D eigenvalue weighted by Gasteiger charge is 2.23. The van der Waals surface area contributed by atoms with Crippen LogP contribution in [-0.2, 0) is 0 Å². The molecule has 6 aromatic heterocycles. The zero-order valence-electron chi connectivity index (χ0n) is 62.8. The standard InChI is InChI=1S/3C36H22BrNO/c37-27-18-15-23(16-19-27)24-7-5-8-25(21-24)26-17-20-33-31(22-26)28-9-1-3-12-32(28)38(33)34-13-6-11-30-29-10-2-4-14-35(29)39-36(30)34;37-27-18-15-23(16-19-27)24-7-5-8-25(21-24)26-17-20-32-30(22-26)28-9-1-3-11-31(28)38(32)33-12-6-14-35-36(33)29-10-2-4-13-34(29)39-35;37-27-15-12-23(13-16-27)24-6-5-7-25(20-24)26-14-18-34-31(21-26)29-8-1-3-10-33(29)38(34)28-17-19-36-32(22-28)30-9-2-4-11-35(30)39-36/h3*1-22H. The predicted molar refractivity (Wildman–Crippen MR) is 500 cm³/mol. The Morgan fingerprint density at radius 1 is 0.171 bits per heavy atom. The first-order valence-electron chi connectivity index (χ1n) is 39.1. The molecule has 0 aliphatic heterocycles. The van der Waals surface area contributed by atoms with Crippen molar-refractivity contribution in [1.29, 1.82) is 0 Å². The van der Waals surface area contributed by atoms with Gasteiger partial charge in [-0.15, -0.1) is 0 Å². The number of aromatic nitrogens is 3. The average molecular weight is 1690 g/mol. The summed E-state index contributed by atoms with van der Waals surface area (Å²) < 4.78 is 29.1. The number of hydrogen-bond donors (Lipinski definition) is 0. The van der Waals surface area contributed by atoms with E-state index in [-0.39, 0.29) is 0 Å². The number of furan rings is 3. The smallest absolute Gasteiger partial charge is 0.159 e. The fourth-order valence-electron chi connectivity index (χ4n) is 17.5. The van der Waals surface area contributed by atoms with Crippen molar-refractivity contribution in [3.63, 3.8) is 0 Å². The van der Waals surface area contributed by atoms with E-state index in [1.807, 2.05) is 36.4 Å². The first kappa shape index (κ1) is 69.9. The molecule has 0 unspecified atom stereocenters. The second kappa shape index (κ2) is 28.9. The highest BCUT2D eigenvalue weighted by atomic mass is 79.9. The number of fused-ring (bicyclic) bond motifs is 18. The lowest BCUT2D eigenvalue weighted by molar-refractivity contribution is 0.666. The van der Waals surface area contributed by atoms with Gasteiger partial charge >= 0.3 is 0 Å². The summed E-state index contributed by atoms with van der Waals surface area (Å²) >= 11 is 10.6. The maximum atomic E-state index is 6.44. The van der Waals surface area contributed by atoms with E-state index >= 15 is 0 Å². The molecule has 0 spiro atoms. The largest absolute Gasteiger partial charge is 0.456 e. The van der Waals surface area contributed by atoms with Crippen LogP contribution in [-0.4, -0.2) is 13.7 Å². The highest BCUT2D eigenvalue weighted by Crippen LogP contribution is 2.45. The van der Waals surface area contributed by atoms with Crippen molar-refractivity contribution in [2.45, 2.75) is 0 Å². The Morgan fingerprint density at radius 2 is 0.479 bits per heavy atom. The molecule has 0 aliphatic rings. The van der Waals surface area contributed by atoms with Gasteiger partial charge in [0, 0.05) is 78.4 Å². The summed E-state index contributed by atoms with van der Waals surface area (Å²) in [5.74, 6) is 0. The molecule has 0 atom stereocenters. The van der Waals surface area contributed by atoms with Gasteiger partial charge in [0.2, 0.25) is 0 Å². The summed E-state index contributed by atoms with van der Waals surface area (Å²) in [6.07, 6.45) is 0. The third kappa shape index (κ3) is 12.4. The average Bonchev–Trinajstić information content (AvgIpc) is 1.60. The molecule has 0 radical (unpaired) electrons. The van der Waals surface area contributed by atoms with Gasteiger partial charge in [0.25, 0.3) is 0 Å². The fourth-order valence-corrected chi connectivity index (χ4v) is 18.3. The van der Waals surface area contributed by atoms with E-state index in [4.69, 9.17) is 13.3 Å².